The van der Waals surface area contributed by atoms with Crippen molar-refractivity contribution in [2.75, 3.05) is 5.73 Å². The summed E-state index contributed by atoms with van der Waals surface area (Å²) in [5.41, 5.74) is 9.16. The van der Waals surface area contributed by atoms with Gasteiger partial charge >= 0.3 is 0 Å². The third-order valence-corrected chi connectivity index (χ3v) is 3.74. The molecule has 2 heterocycles. The van der Waals surface area contributed by atoms with Crippen LogP contribution in [0.4, 0.5) is 5.82 Å². The Bertz CT molecular complexity index is 626. The Morgan fingerprint density at radius 1 is 1.11 bits per heavy atom. The maximum atomic E-state index is 5.96. The first-order valence-electron chi connectivity index (χ1n) is 5.75. The Morgan fingerprint density at radius 3 is 2.67 bits per heavy atom. The number of nitrogen functional groups attached to an aromatic ring is 1. The fraction of sp³-hybridized carbons (Fsp3) is 0.0714. The van der Waals surface area contributed by atoms with Crippen LogP contribution in [0.1, 0.15) is 10.6 Å². The standard InChI is InChI=1S/C14H13N3S/c15-14-13(10-5-2-1-3-6-10)12(16-17-14)9-11-7-4-8-18-11/h1-8H,9H2,(H3,15,16,17). The first-order chi connectivity index (χ1) is 8.84. The van der Waals surface area contributed by atoms with Crippen LogP contribution in [0.5, 0.6) is 0 Å². The Labute approximate surface area is 109 Å². The van der Waals surface area contributed by atoms with Crippen LogP contribution in [-0.4, -0.2) is 10.2 Å². The second kappa shape index (κ2) is 4.66. The van der Waals surface area contributed by atoms with Crippen LogP contribution in [0.2, 0.25) is 0 Å². The van der Waals surface area contributed by atoms with Gasteiger partial charge in [0.05, 0.1) is 5.69 Å². The van der Waals surface area contributed by atoms with Crippen molar-refractivity contribution < 1.29 is 0 Å². The minimum absolute atomic E-state index is 0.563. The molecule has 0 bridgehead atoms. The lowest BCUT2D eigenvalue weighted by Crippen LogP contribution is -1.91. The van der Waals surface area contributed by atoms with Gasteiger partial charge in [-0.25, -0.2) is 0 Å². The zero-order chi connectivity index (χ0) is 12.4. The van der Waals surface area contributed by atoms with Gasteiger partial charge in [0.25, 0.3) is 0 Å². The van der Waals surface area contributed by atoms with Gasteiger partial charge in [0.2, 0.25) is 0 Å². The highest BCUT2D eigenvalue weighted by molar-refractivity contribution is 7.09. The van der Waals surface area contributed by atoms with E-state index in [1.165, 1.54) is 4.88 Å². The molecule has 3 N–H and O–H groups in total. The average molecular weight is 255 g/mol. The zero-order valence-corrected chi connectivity index (χ0v) is 10.6. The number of nitrogens with two attached hydrogens (primary N) is 1. The van der Waals surface area contributed by atoms with Crippen LogP contribution in [0.25, 0.3) is 11.1 Å². The molecule has 0 aliphatic rings. The Hall–Kier alpha value is -2.07. The van der Waals surface area contributed by atoms with E-state index in [-0.39, 0.29) is 0 Å². The quantitative estimate of drug-likeness (QED) is 0.754. The van der Waals surface area contributed by atoms with Gasteiger partial charge in [-0.3, -0.25) is 5.10 Å². The second-order valence-electron chi connectivity index (χ2n) is 4.08. The summed E-state index contributed by atoms with van der Waals surface area (Å²) in [6.07, 6.45) is 0.839. The van der Waals surface area contributed by atoms with Crippen molar-refractivity contribution in [2.45, 2.75) is 6.42 Å². The van der Waals surface area contributed by atoms with E-state index >= 15 is 0 Å². The number of nitrogens with one attached hydrogen (secondary N) is 1. The van der Waals surface area contributed by atoms with E-state index in [2.05, 4.69) is 39.8 Å². The van der Waals surface area contributed by atoms with Gasteiger partial charge < -0.3 is 5.73 Å². The minimum Gasteiger partial charge on any atom is -0.382 e. The Kier molecular flexibility index (Phi) is 2.86. The number of thiophene rings is 1. The Morgan fingerprint density at radius 2 is 1.94 bits per heavy atom. The fourth-order valence-corrected chi connectivity index (χ4v) is 2.75. The second-order valence-corrected chi connectivity index (χ2v) is 5.12. The molecule has 0 unspecified atom stereocenters. The number of nitrogens with zero attached hydrogens (tertiary/aromatic N) is 1. The SMILES string of the molecule is Nc1n[nH]c(Cc2cccs2)c1-c1ccccc1. The molecular weight excluding hydrogens is 242 g/mol. The van der Waals surface area contributed by atoms with Gasteiger partial charge in [0.15, 0.2) is 5.82 Å². The van der Waals surface area contributed by atoms with Crippen molar-refractivity contribution in [1.29, 1.82) is 0 Å². The zero-order valence-electron chi connectivity index (χ0n) is 9.76. The van der Waals surface area contributed by atoms with Gasteiger partial charge in [-0.1, -0.05) is 36.4 Å². The summed E-state index contributed by atoms with van der Waals surface area (Å²) in [5, 5.41) is 9.25. The van der Waals surface area contributed by atoms with Crippen LogP contribution in [-0.2, 0) is 6.42 Å². The molecule has 90 valence electrons. The van der Waals surface area contributed by atoms with E-state index in [9.17, 15) is 0 Å². The van der Waals surface area contributed by atoms with E-state index in [0.717, 1.165) is 23.2 Å². The molecule has 3 rings (SSSR count). The number of hydrogen-bond acceptors (Lipinski definition) is 3. The molecule has 18 heavy (non-hydrogen) atoms. The summed E-state index contributed by atoms with van der Waals surface area (Å²) in [6.45, 7) is 0. The number of aromatic nitrogens is 2. The van der Waals surface area contributed by atoms with Crippen LogP contribution in [0.15, 0.2) is 47.8 Å². The molecule has 3 aromatic rings. The predicted molar refractivity (Wildman–Crippen MR) is 75.6 cm³/mol. The van der Waals surface area contributed by atoms with Gasteiger partial charge in [-0.2, -0.15) is 5.10 Å². The van der Waals surface area contributed by atoms with E-state index in [1.54, 1.807) is 11.3 Å². The molecule has 0 saturated carbocycles. The lowest BCUT2D eigenvalue weighted by molar-refractivity contribution is 1.01. The molecule has 0 atom stereocenters. The molecular formula is C14H13N3S. The van der Waals surface area contributed by atoms with Crippen molar-refractivity contribution in [3.8, 4) is 11.1 Å². The first kappa shape index (κ1) is 11.0. The molecule has 0 fully saturated rings. The molecule has 0 amide bonds. The third kappa shape index (κ3) is 2.02. The third-order valence-electron chi connectivity index (χ3n) is 2.86. The molecule has 0 radical (unpaired) electrons. The van der Waals surface area contributed by atoms with Crippen molar-refractivity contribution >= 4 is 17.2 Å². The van der Waals surface area contributed by atoms with Gasteiger partial charge in [0.1, 0.15) is 0 Å². The molecule has 3 nitrogen and oxygen atoms in total. The monoisotopic (exact) mass is 255 g/mol. The summed E-state index contributed by atoms with van der Waals surface area (Å²) in [7, 11) is 0. The van der Waals surface area contributed by atoms with Crippen molar-refractivity contribution in [3.05, 3.63) is 58.4 Å². The first-order valence-corrected chi connectivity index (χ1v) is 6.63. The number of H-pyrrole nitrogens is 1. The average Bonchev–Trinajstić information content (AvgIpc) is 3.02. The highest BCUT2D eigenvalue weighted by Crippen LogP contribution is 2.29. The van der Waals surface area contributed by atoms with Crippen LogP contribution >= 0.6 is 11.3 Å². The molecule has 0 aliphatic carbocycles. The minimum atomic E-state index is 0.563. The maximum Gasteiger partial charge on any atom is 0.153 e. The smallest absolute Gasteiger partial charge is 0.153 e. The summed E-state index contributed by atoms with van der Waals surface area (Å²) < 4.78 is 0. The summed E-state index contributed by atoms with van der Waals surface area (Å²) in [4.78, 5) is 1.30. The molecule has 0 saturated heterocycles. The number of aromatic amines is 1. The predicted octanol–water partition coefficient (Wildman–Crippen LogP) is 3.31. The van der Waals surface area contributed by atoms with Gasteiger partial charge in [-0.05, 0) is 17.0 Å². The number of anilines is 1. The van der Waals surface area contributed by atoms with E-state index in [4.69, 9.17) is 5.73 Å². The highest BCUT2D eigenvalue weighted by atomic mass is 32.1. The maximum absolute atomic E-state index is 5.96. The fourth-order valence-electron chi connectivity index (χ4n) is 2.04. The highest BCUT2D eigenvalue weighted by Gasteiger charge is 2.13. The van der Waals surface area contributed by atoms with Crippen molar-refractivity contribution in [3.63, 3.8) is 0 Å². The van der Waals surface area contributed by atoms with Crippen molar-refractivity contribution in [1.82, 2.24) is 10.2 Å². The summed E-state index contributed by atoms with van der Waals surface area (Å²) in [5.74, 6) is 0.563. The molecule has 1 aromatic carbocycles. The van der Waals surface area contributed by atoms with Crippen LogP contribution in [0.3, 0.4) is 0 Å². The summed E-state index contributed by atoms with van der Waals surface area (Å²) in [6, 6.07) is 14.3. The lowest BCUT2D eigenvalue weighted by Gasteiger charge is -2.03. The number of rotatable bonds is 3. The molecule has 0 spiro atoms. The van der Waals surface area contributed by atoms with Gasteiger partial charge in [-0.15, -0.1) is 11.3 Å². The lowest BCUT2D eigenvalue weighted by atomic mass is 10.0. The Balaban J connectivity index is 2.02. The topological polar surface area (TPSA) is 54.7 Å². The van der Waals surface area contributed by atoms with Crippen molar-refractivity contribution in [2.24, 2.45) is 0 Å². The van der Waals surface area contributed by atoms with E-state index in [1.807, 2.05) is 18.2 Å². The molecule has 2 aromatic heterocycles. The molecule has 0 aliphatic heterocycles. The largest absolute Gasteiger partial charge is 0.382 e. The van der Waals surface area contributed by atoms with E-state index < -0.39 is 0 Å². The summed E-state index contributed by atoms with van der Waals surface area (Å²) >= 11 is 1.74. The van der Waals surface area contributed by atoms with Crippen LogP contribution < -0.4 is 5.73 Å². The van der Waals surface area contributed by atoms with Crippen LogP contribution in [0, 0.1) is 0 Å². The number of hydrogen-bond donors (Lipinski definition) is 2. The number of benzene rings is 1. The molecule has 4 heteroatoms. The van der Waals surface area contributed by atoms with E-state index in [0.29, 0.717) is 5.82 Å². The van der Waals surface area contributed by atoms with Gasteiger partial charge in [0, 0.05) is 16.9 Å². The normalized spacial score (nSPS) is 10.7.